The van der Waals surface area contributed by atoms with E-state index in [0.717, 1.165) is 30.5 Å². The lowest BCUT2D eigenvalue weighted by atomic mass is 10.1. The molecule has 2 aromatic rings. The number of tetrazole rings is 1. The van der Waals surface area contributed by atoms with Crippen LogP contribution >= 0.6 is 0 Å². The van der Waals surface area contributed by atoms with E-state index in [1.807, 2.05) is 6.92 Å². The Kier molecular flexibility index (Phi) is 3.99. The van der Waals surface area contributed by atoms with Crippen LogP contribution in [0.5, 0.6) is 0 Å². The third kappa shape index (κ3) is 2.70. The third-order valence-electron chi connectivity index (χ3n) is 2.79. The minimum Gasteiger partial charge on any atom is -0.330 e. The number of unbranched alkanes of at least 4 members (excludes halogenated alkanes) is 1. The van der Waals surface area contributed by atoms with E-state index in [1.54, 1.807) is 10.7 Å². The van der Waals surface area contributed by atoms with Crippen LogP contribution in [0.1, 0.15) is 18.4 Å². The van der Waals surface area contributed by atoms with Crippen LogP contribution in [0, 0.1) is 12.7 Å². The largest absolute Gasteiger partial charge is 0.330 e. The molecule has 0 unspecified atom stereocenters. The predicted molar refractivity (Wildman–Crippen MR) is 66.2 cm³/mol. The van der Waals surface area contributed by atoms with Gasteiger partial charge in [0.25, 0.3) is 0 Å². The predicted octanol–water partition coefficient (Wildman–Crippen LogP) is 1.53. The van der Waals surface area contributed by atoms with Gasteiger partial charge < -0.3 is 5.73 Å². The molecule has 5 nitrogen and oxygen atoms in total. The van der Waals surface area contributed by atoms with Crippen molar-refractivity contribution in [2.24, 2.45) is 5.73 Å². The van der Waals surface area contributed by atoms with Crippen molar-refractivity contribution in [1.82, 2.24) is 20.2 Å². The molecule has 18 heavy (non-hydrogen) atoms. The quantitative estimate of drug-likeness (QED) is 0.816. The summed E-state index contributed by atoms with van der Waals surface area (Å²) in [5.41, 5.74) is 7.13. The average Bonchev–Trinajstić information content (AvgIpc) is 2.78. The Labute approximate surface area is 105 Å². The van der Waals surface area contributed by atoms with E-state index in [4.69, 9.17) is 5.73 Å². The van der Waals surface area contributed by atoms with Crippen LogP contribution in [-0.2, 0) is 6.54 Å². The molecule has 0 saturated carbocycles. The molecule has 0 spiro atoms. The van der Waals surface area contributed by atoms with Gasteiger partial charge in [-0.1, -0.05) is 0 Å². The molecule has 0 saturated heterocycles. The van der Waals surface area contributed by atoms with Crippen molar-refractivity contribution in [2.75, 3.05) is 6.54 Å². The fourth-order valence-electron chi connectivity index (χ4n) is 1.83. The highest BCUT2D eigenvalue weighted by Crippen LogP contribution is 2.21. The highest BCUT2D eigenvalue weighted by Gasteiger charge is 2.11. The summed E-state index contributed by atoms with van der Waals surface area (Å²) >= 11 is 0. The summed E-state index contributed by atoms with van der Waals surface area (Å²) in [6.45, 7) is 3.22. The van der Waals surface area contributed by atoms with Crippen LogP contribution in [0.4, 0.5) is 4.39 Å². The number of aromatic nitrogens is 4. The topological polar surface area (TPSA) is 69.6 Å². The van der Waals surface area contributed by atoms with Crippen LogP contribution in [0.15, 0.2) is 18.2 Å². The number of benzene rings is 1. The molecule has 96 valence electrons. The molecule has 0 bridgehead atoms. The van der Waals surface area contributed by atoms with Crippen LogP contribution in [0.3, 0.4) is 0 Å². The van der Waals surface area contributed by atoms with Gasteiger partial charge >= 0.3 is 0 Å². The van der Waals surface area contributed by atoms with Gasteiger partial charge in [0.1, 0.15) is 5.82 Å². The van der Waals surface area contributed by atoms with Crippen molar-refractivity contribution in [2.45, 2.75) is 26.3 Å². The maximum Gasteiger partial charge on any atom is 0.182 e. The standard InChI is InChI=1S/C12H16FN5/c1-9-8-10(13)4-5-11(9)12-15-16-17-18(12)7-3-2-6-14/h4-5,8H,2-3,6-7,14H2,1H3. The summed E-state index contributed by atoms with van der Waals surface area (Å²) in [6, 6.07) is 4.60. The molecule has 1 aromatic heterocycles. The lowest BCUT2D eigenvalue weighted by Gasteiger charge is -2.06. The zero-order valence-corrected chi connectivity index (χ0v) is 10.3. The van der Waals surface area contributed by atoms with E-state index >= 15 is 0 Å². The third-order valence-corrected chi connectivity index (χ3v) is 2.79. The van der Waals surface area contributed by atoms with Gasteiger partial charge in [-0.05, 0) is 60.5 Å². The highest BCUT2D eigenvalue weighted by molar-refractivity contribution is 5.59. The van der Waals surface area contributed by atoms with E-state index < -0.39 is 0 Å². The molecule has 0 radical (unpaired) electrons. The molecule has 1 aromatic carbocycles. The first kappa shape index (κ1) is 12.6. The van der Waals surface area contributed by atoms with Gasteiger partial charge in [-0.2, -0.15) is 0 Å². The van der Waals surface area contributed by atoms with Crippen LogP contribution in [0.25, 0.3) is 11.4 Å². The van der Waals surface area contributed by atoms with Crippen molar-refractivity contribution in [1.29, 1.82) is 0 Å². The average molecular weight is 249 g/mol. The maximum absolute atomic E-state index is 13.1. The van der Waals surface area contributed by atoms with Gasteiger partial charge in [0.05, 0.1) is 0 Å². The normalized spacial score (nSPS) is 10.8. The number of halogens is 1. The van der Waals surface area contributed by atoms with Crippen molar-refractivity contribution in [3.05, 3.63) is 29.6 Å². The van der Waals surface area contributed by atoms with Crippen LogP contribution in [0.2, 0.25) is 0 Å². The number of rotatable bonds is 5. The van der Waals surface area contributed by atoms with Crippen molar-refractivity contribution < 1.29 is 4.39 Å². The minimum atomic E-state index is -0.251. The monoisotopic (exact) mass is 249 g/mol. The fourth-order valence-corrected chi connectivity index (χ4v) is 1.83. The molecule has 0 aliphatic heterocycles. The molecule has 0 amide bonds. The van der Waals surface area contributed by atoms with Crippen LogP contribution in [-0.4, -0.2) is 26.8 Å². The lowest BCUT2D eigenvalue weighted by molar-refractivity contribution is 0.548. The second-order valence-corrected chi connectivity index (χ2v) is 4.18. The SMILES string of the molecule is Cc1cc(F)ccc1-c1nnnn1CCCCN. The Morgan fingerprint density at radius 3 is 2.89 bits per heavy atom. The number of aryl methyl sites for hydroxylation is 2. The summed E-state index contributed by atoms with van der Waals surface area (Å²) in [5.74, 6) is 0.419. The van der Waals surface area contributed by atoms with E-state index in [2.05, 4.69) is 15.5 Å². The molecular weight excluding hydrogens is 233 g/mol. The molecule has 0 fully saturated rings. The Balaban J connectivity index is 2.25. The molecule has 0 aliphatic rings. The first-order chi connectivity index (χ1) is 8.72. The molecule has 2 rings (SSSR count). The highest BCUT2D eigenvalue weighted by atomic mass is 19.1. The van der Waals surface area contributed by atoms with Gasteiger partial charge in [-0.15, -0.1) is 5.10 Å². The summed E-state index contributed by atoms with van der Waals surface area (Å²) in [4.78, 5) is 0. The molecule has 1 heterocycles. The number of hydrogen-bond donors (Lipinski definition) is 1. The zero-order valence-electron chi connectivity index (χ0n) is 10.3. The summed E-state index contributed by atoms with van der Waals surface area (Å²) in [5, 5.41) is 11.6. The van der Waals surface area contributed by atoms with Gasteiger partial charge in [-0.3, -0.25) is 0 Å². The van der Waals surface area contributed by atoms with Gasteiger partial charge in [0.15, 0.2) is 5.82 Å². The van der Waals surface area contributed by atoms with E-state index in [1.165, 1.54) is 12.1 Å². The summed E-state index contributed by atoms with van der Waals surface area (Å²) < 4.78 is 14.8. The Bertz CT molecular complexity index is 523. The van der Waals surface area contributed by atoms with Gasteiger partial charge in [0, 0.05) is 12.1 Å². The van der Waals surface area contributed by atoms with Crippen molar-refractivity contribution in [3.63, 3.8) is 0 Å². The molecule has 0 atom stereocenters. The van der Waals surface area contributed by atoms with E-state index in [9.17, 15) is 4.39 Å². The van der Waals surface area contributed by atoms with E-state index in [0.29, 0.717) is 12.4 Å². The second-order valence-electron chi connectivity index (χ2n) is 4.18. The molecule has 0 aliphatic carbocycles. The van der Waals surface area contributed by atoms with Gasteiger partial charge in [0.2, 0.25) is 0 Å². The molecular formula is C12H16FN5. The number of hydrogen-bond acceptors (Lipinski definition) is 4. The first-order valence-electron chi connectivity index (χ1n) is 5.95. The Morgan fingerprint density at radius 2 is 2.17 bits per heavy atom. The molecule has 2 N–H and O–H groups in total. The summed E-state index contributed by atoms with van der Waals surface area (Å²) in [7, 11) is 0. The summed E-state index contributed by atoms with van der Waals surface area (Å²) in [6.07, 6.45) is 1.86. The van der Waals surface area contributed by atoms with Gasteiger partial charge in [-0.25, -0.2) is 9.07 Å². The zero-order chi connectivity index (χ0) is 13.0. The fraction of sp³-hybridized carbons (Fsp3) is 0.417. The molecule has 6 heteroatoms. The van der Waals surface area contributed by atoms with Crippen LogP contribution < -0.4 is 5.73 Å². The Morgan fingerprint density at radius 1 is 1.33 bits per heavy atom. The van der Waals surface area contributed by atoms with Crippen molar-refractivity contribution >= 4 is 0 Å². The second kappa shape index (κ2) is 5.68. The van der Waals surface area contributed by atoms with E-state index in [-0.39, 0.29) is 5.82 Å². The minimum absolute atomic E-state index is 0.251. The van der Waals surface area contributed by atoms with Crippen molar-refractivity contribution in [3.8, 4) is 11.4 Å². The number of nitrogens with two attached hydrogens (primary N) is 1. The lowest BCUT2D eigenvalue weighted by Crippen LogP contribution is -2.06. The number of nitrogens with zero attached hydrogens (tertiary/aromatic N) is 4. The smallest absolute Gasteiger partial charge is 0.182 e. The maximum atomic E-state index is 13.1. The Hall–Kier alpha value is -1.82. The first-order valence-corrected chi connectivity index (χ1v) is 5.95.